The summed E-state index contributed by atoms with van der Waals surface area (Å²) in [6.07, 6.45) is 5.90. The lowest BCUT2D eigenvalue weighted by Crippen LogP contribution is -2.28. The molecule has 0 spiro atoms. The normalized spacial score (nSPS) is 13.8. The molecule has 1 aromatic carbocycles. The number of hydrogen-bond acceptors (Lipinski definition) is 2. The lowest BCUT2D eigenvalue weighted by molar-refractivity contribution is 0.385. The number of nitrogens with one attached hydrogen (secondary N) is 1. The molecule has 3 heteroatoms. The van der Waals surface area contributed by atoms with E-state index in [-0.39, 0.29) is 23.7 Å². The Kier molecular flexibility index (Phi) is 4.99. The van der Waals surface area contributed by atoms with Crippen LogP contribution in [-0.2, 0) is 0 Å². The van der Waals surface area contributed by atoms with E-state index in [0.29, 0.717) is 6.42 Å². The summed E-state index contributed by atoms with van der Waals surface area (Å²) in [6, 6.07) is 5.23. The van der Waals surface area contributed by atoms with Gasteiger partial charge in [-0.05, 0) is 31.5 Å². The van der Waals surface area contributed by atoms with Gasteiger partial charge in [-0.1, -0.05) is 6.07 Å². The first kappa shape index (κ1) is 13.5. The topological polar surface area (TPSA) is 21.3 Å². The molecular weight excluding hydrogens is 217 g/mol. The second kappa shape index (κ2) is 6.27. The van der Waals surface area contributed by atoms with Crippen LogP contribution in [0.2, 0.25) is 0 Å². The van der Waals surface area contributed by atoms with Gasteiger partial charge < -0.3 is 10.1 Å². The van der Waals surface area contributed by atoms with E-state index in [1.54, 1.807) is 6.07 Å². The number of halogens is 1. The number of benzene rings is 1. The van der Waals surface area contributed by atoms with Crippen LogP contribution in [0.4, 0.5) is 4.39 Å². The van der Waals surface area contributed by atoms with E-state index < -0.39 is 0 Å². The molecule has 0 radical (unpaired) electrons. The highest BCUT2D eigenvalue weighted by Crippen LogP contribution is 2.22. The molecule has 0 saturated heterocycles. The maximum atomic E-state index is 13.5. The van der Waals surface area contributed by atoms with Gasteiger partial charge in [0.15, 0.2) is 11.6 Å². The molecule has 0 aromatic heterocycles. The van der Waals surface area contributed by atoms with Crippen LogP contribution < -0.4 is 10.1 Å². The predicted molar refractivity (Wildman–Crippen MR) is 67.4 cm³/mol. The Bertz CT molecular complexity index is 411. The van der Waals surface area contributed by atoms with Crippen molar-refractivity contribution in [2.45, 2.75) is 32.4 Å². The first-order valence-corrected chi connectivity index (χ1v) is 5.61. The van der Waals surface area contributed by atoms with E-state index in [1.165, 1.54) is 13.2 Å². The van der Waals surface area contributed by atoms with E-state index in [9.17, 15) is 4.39 Å². The predicted octanol–water partition coefficient (Wildman–Crippen LogP) is 2.90. The molecule has 0 amide bonds. The van der Waals surface area contributed by atoms with E-state index in [2.05, 4.69) is 11.2 Å². The molecule has 0 saturated carbocycles. The molecule has 92 valence electrons. The molecule has 0 bridgehead atoms. The smallest absolute Gasteiger partial charge is 0.165 e. The molecule has 17 heavy (non-hydrogen) atoms. The summed E-state index contributed by atoms with van der Waals surface area (Å²) in [5.74, 6) is 2.51. The molecule has 0 aliphatic carbocycles. The quantitative estimate of drug-likeness (QED) is 0.792. The first-order valence-electron chi connectivity index (χ1n) is 5.61. The van der Waals surface area contributed by atoms with E-state index in [0.717, 1.165) is 5.56 Å². The van der Waals surface area contributed by atoms with Crippen LogP contribution in [0.25, 0.3) is 0 Å². The van der Waals surface area contributed by atoms with Gasteiger partial charge in [0, 0.05) is 18.5 Å². The number of terminal acetylenes is 1. The van der Waals surface area contributed by atoms with Gasteiger partial charge in [-0.2, -0.15) is 0 Å². The molecule has 2 unspecified atom stereocenters. The highest BCUT2D eigenvalue weighted by molar-refractivity contribution is 5.30. The monoisotopic (exact) mass is 235 g/mol. The van der Waals surface area contributed by atoms with Crippen molar-refractivity contribution < 1.29 is 9.13 Å². The zero-order valence-corrected chi connectivity index (χ0v) is 10.5. The highest BCUT2D eigenvalue weighted by Gasteiger charge is 2.11. The van der Waals surface area contributed by atoms with E-state index in [4.69, 9.17) is 11.2 Å². The first-order chi connectivity index (χ1) is 8.08. The number of hydrogen-bond donors (Lipinski definition) is 1. The molecule has 0 aliphatic rings. The van der Waals surface area contributed by atoms with Crippen molar-refractivity contribution in [3.8, 4) is 18.1 Å². The number of ether oxygens (including phenoxy) is 1. The lowest BCUT2D eigenvalue weighted by Gasteiger charge is -2.19. The third-order valence-corrected chi connectivity index (χ3v) is 2.63. The van der Waals surface area contributed by atoms with Crippen molar-refractivity contribution >= 4 is 0 Å². The van der Waals surface area contributed by atoms with Gasteiger partial charge in [0.05, 0.1) is 7.11 Å². The molecular formula is C14H18FNO. The standard InChI is InChI=1S/C14H18FNO/c1-5-6-10(2)16-11(3)12-7-8-14(17-4)13(15)9-12/h1,7-11,16H,6H2,2-4H3. The van der Waals surface area contributed by atoms with Gasteiger partial charge in [0.2, 0.25) is 0 Å². The summed E-state index contributed by atoms with van der Waals surface area (Å²) in [7, 11) is 1.45. The lowest BCUT2D eigenvalue weighted by atomic mass is 10.1. The minimum atomic E-state index is -0.344. The largest absolute Gasteiger partial charge is 0.494 e. The fraction of sp³-hybridized carbons (Fsp3) is 0.429. The van der Waals surface area contributed by atoms with Crippen molar-refractivity contribution in [2.24, 2.45) is 0 Å². The third kappa shape index (κ3) is 3.76. The molecule has 0 heterocycles. The van der Waals surface area contributed by atoms with Crippen molar-refractivity contribution in [1.29, 1.82) is 0 Å². The van der Waals surface area contributed by atoms with E-state index in [1.807, 2.05) is 19.9 Å². The van der Waals surface area contributed by atoms with Crippen LogP contribution in [0, 0.1) is 18.2 Å². The summed E-state index contributed by atoms with van der Waals surface area (Å²) >= 11 is 0. The average molecular weight is 235 g/mol. The summed E-state index contributed by atoms with van der Waals surface area (Å²) < 4.78 is 18.4. The molecule has 2 nitrogen and oxygen atoms in total. The Morgan fingerprint density at radius 2 is 2.18 bits per heavy atom. The second-order valence-electron chi connectivity index (χ2n) is 4.09. The highest BCUT2D eigenvalue weighted by atomic mass is 19.1. The van der Waals surface area contributed by atoms with Gasteiger partial charge in [0.25, 0.3) is 0 Å². The Balaban J connectivity index is 2.73. The molecule has 0 aliphatic heterocycles. The van der Waals surface area contributed by atoms with Crippen LogP contribution in [0.15, 0.2) is 18.2 Å². The summed E-state index contributed by atoms with van der Waals surface area (Å²) in [5, 5.41) is 3.31. The van der Waals surface area contributed by atoms with Crippen LogP contribution in [-0.4, -0.2) is 13.2 Å². The van der Waals surface area contributed by atoms with Crippen LogP contribution in [0.3, 0.4) is 0 Å². The van der Waals surface area contributed by atoms with Crippen molar-refractivity contribution in [2.75, 3.05) is 7.11 Å². The van der Waals surface area contributed by atoms with Crippen molar-refractivity contribution in [3.63, 3.8) is 0 Å². The SMILES string of the molecule is C#CCC(C)NC(C)c1ccc(OC)c(F)c1. The van der Waals surface area contributed by atoms with Gasteiger partial charge in [-0.15, -0.1) is 12.3 Å². The maximum Gasteiger partial charge on any atom is 0.165 e. The van der Waals surface area contributed by atoms with Gasteiger partial charge in [-0.3, -0.25) is 0 Å². The minimum Gasteiger partial charge on any atom is -0.494 e. The van der Waals surface area contributed by atoms with Gasteiger partial charge in [-0.25, -0.2) is 4.39 Å². The van der Waals surface area contributed by atoms with Crippen LogP contribution >= 0.6 is 0 Å². The molecule has 2 atom stereocenters. The average Bonchev–Trinajstić information content (AvgIpc) is 2.29. The fourth-order valence-corrected chi connectivity index (χ4v) is 1.71. The molecule has 1 rings (SSSR count). The number of rotatable bonds is 5. The van der Waals surface area contributed by atoms with Gasteiger partial charge in [0.1, 0.15) is 0 Å². The molecule has 1 aromatic rings. The van der Waals surface area contributed by atoms with Crippen LogP contribution in [0.5, 0.6) is 5.75 Å². The number of methoxy groups -OCH3 is 1. The zero-order chi connectivity index (χ0) is 12.8. The third-order valence-electron chi connectivity index (χ3n) is 2.63. The minimum absolute atomic E-state index is 0.0544. The van der Waals surface area contributed by atoms with Crippen molar-refractivity contribution in [1.82, 2.24) is 5.32 Å². The zero-order valence-electron chi connectivity index (χ0n) is 10.5. The maximum absolute atomic E-state index is 13.5. The van der Waals surface area contributed by atoms with Crippen molar-refractivity contribution in [3.05, 3.63) is 29.6 Å². The summed E-state index contributed by atoms with van der Waals surface area (Å²) in [4.78, 5) is 0. The van der Waals surface area contributed by atoms with Gasteiger partial charge >= 0.3 is 0 Å². The molecule has 0 fully saturated rings. The van der Waals surface area contributed by atoms with E-state index >= 15 is 0 Å². The summed E-state index contributed by atoms with van der Waals surface area (Å²) in [6.45, 7) is 3.99. The van der Waals surface area contributed by atoms with Crippen LogP contribution in [0.1, 0.15) is 31.9 Å². The summed E-state index contributed by atoms with van der Waals surface area (Å²) in [5.41, 5.74) is 0.882. The second-order valence-corrected chi connectivity index (χ2v) is 4.09. The fourth-order valence-electron chi connectivity index (χ4n) is 1.71. The Hall–Kier alpha value is -1.53. The molecule has 1 N–H and O–H groups in total. The Labute approximate surface area is 102 Å². The Morgan fingerprint density at radius 3 is 2.71 bits per heavy atom. The Morgan fingerprint density at radius 1 is 1.47 bits per heavy atom.